The predicted molar refractivity (Wildman–Crippen MR) is 67.2 cm³/mol. The summed E-state index contributed by atoms with van der Waals surface area (Å²) in [5, 5.41) is 0. The van der Waals surface area contributed by atoms with Crippen molar-refractivity contribution in [3.63, 3.8) is 0 Å². The molecule has 0 fully saturated rings. The number of methoxy groups -OCH3 is 1. The number of hydrogen-bond acceptors (Lipinski definition) is 5. The topological polar surface area (TPSA) is 73.1 Å². The Bertz CT molecular complexity index is 337. The second-order valence-corrected chi connectivity index (χ2v) is 4.80. The molecule has 3 N–H and O–H groups in total. The van der Waals surface area contributed by atoms with Gasteiger partial charge in [0.2, 0.25) is 0 Å². The molecule has 5 nitrogen and oxygen atoms in total. The summed E-state index contributed by atoms with van der Waals surface area (Å²) in [5.74, 6) is 5.56. The Morgan fingerprint density at radius 2 is 2.12 bits per heavy atom. The summed E-state index contributed by atoms with van der Waals surface area (Å²) in [6, 6.07) is 0.0116. The second kappa shape index (κ2) is 6.05. The molecular formula is C12H22N4O. The Hall–Kier alpha value is -1.04. The molecule has 0 bridgehead atoms. The first kappa shape index (κ1) is 14.0. The standard InChI is InChI=1S/C12H22N4O/c1-9-7-15-11(8-14-9)10(16-13)5-6-12(2,3)17-4/h7-8,10,16H,5-6,13H2,1-4H3. The lowest BCUT2D eigenvalue weighted by molar-refractivity contribution is 0.0116. The Kier molecular flexibility index (Phi) is 4.99. The van der Waals surface area contributed by atoms with Gasteiger partial charge in [0.1, 0.15) is 0 Å². The number of ether oxygens (including phenoxy) is 1. The average molecular weight is 238 g/mol. The molecule has 0 aromatic carbocycles. The van der Waals surface area contributed by atoms with Crippen molar-refractivity contribution in [2.75, 3.05) is 7.11 Å². The summed E-state index contributed by atoms with van der Waals surface area (Å²) in [6.45, 7) is 6.03. The zero-order valence-corrected chi connectivity index (χ0v) is 11.0. The first-order valence-corrected chi connectivity index (χ1v) is 5.78. The molecule has 0 saturated heterocycles. The van der Waals surface area contributed by atoms with Crippen LogP contribution in [0.5, 0.6) is 0 Å². The van der Waals surface area contributed by atoms with Crippen molar-refractivity contribution in [2.24, 2.45) is 5.84 Å². The van der Waals surface area contributed by atoms with E-state index in [9.17, 15) is 0 Å². The first-order chi connectivity index (χ1) is 7.98. The molecule has 1 heterocycles. The highest BCUT2D eigenvalue weighted by atomic mass is 16.5. The number of nitrogens with one attached hydrogen (secondary N) is 1. The normalized spacial score (nSPS) is 13.7. The minimum atomic E-state index is -0.146. The molecule has 96 valence electrons. The van der Waals surface area contributed by atoms with E-state index in [1.165, 1.54) is 0 Å². The van der Waals surface area contributed by atoms with Gasteiger partial charge in [0.05, 0.1) is 29.2 Å². The molecule has 0 saturated carbocycles. The van der Waals surface area contributed by atoms with E-state index < -0.39 is 0 Å². The van der Waals surface area contributed by atoms with Crippen molar-refractivity contribution in [3.05, 3.63) is 23.8 Å². The summed E-state index contributed by atoms with van der Waals surface area (Å²) >= 11 is 0. The molecule has 0 amide bonds. The Balaban J connectivity index is 2.63. The number of nitrogens with zero attached hydrogens (tertiary/aromatic N) is 2. The Morgan fingerprint density at radius 1 is 1.41 bits per heavy atom. The molecule has 17 heavy (non-hydrogen) atoms. The van der Waals surface area contributed by atoms with E-state index in [4.69, 9.17) is 10.6 Å². The van der Waals surface area contributed by atoms with E-state index in [0.29, 0.717) is 0 Å². The van der Waals surface area contributed by atoms with Gasteiger partial charge in [-0.05, 0) is 33.6 Å². The maximum Gasteiger partial charge on any atom is 0.0769 e. The van der Waals surface area contributed by atoms with Crippen LogP contribution in [-0.2, 0) is 4.74 Å². The van der Waals surface area contributed by atoms with Gasteiger partial charge in [-0.25, -0.2) is 0 Å². The van der Waals surface area contributed by atoms with Crippen molar-refractivity contribution in [3.8, 4) is 0 Å². The van der Waals surface area contributed by atoms with Gasteiger partial charge in [-0.2, -0.15) is 0 Å². The highest BCUT2D eigenvalue weighted by Crippen LogP contribution is 2.22. The zero-order chi connectivity index (χ0) is 12.9. The van der Waals surface area contributed by atoms with E-state index in [0.717, 1.165) is 24.2 Å². The Morgan fingerprint density at radius 3 is 2.59 bits per heavy atom. The summed E-state index contributed by atoms with van der Waals surface area (Å²) in [7, 11) is 1.72. The summed E-state index contributed by atoms with van der Waals surface area (Å²) in [4.78, 5) is 8.55. The molecule has 1 unspecified atom stereocenters. The number of rotatable bonds is 6. The summed E-state index contributed by atoms with van der Waals surface area (Å²) < 4.78 is 5.38. The molecule has 0 spiro atoms. The van der Waals surface area contributed by atoms with Crippen LogP contribution in [0.1, 0.15) is 44.1 Å². The summed E-state index contributed by atoms with van der Waals surface area (Å²) in [5.41, 5.74) is 4.40. The van der Waals surface area contributed by atoms with E-state index in [1.807, 2.05) is 6.92 Å². The van der Waals surface area contributed by atoms with E-state index >= 15 is 0 Å². The predicted octanol–water partition coefficient (Wildman–Crippen LogP) is 1.49. The van der Waals surface area contributed by atoms with Gasteiger partial charge in [-0.3, -0.25) is 21.2 Å². The van der Waals surface area contributed by atoms with Gasteiger partial charge < -0.3 is 4.74 Å². The van der Waals surface area contributed by atoms with Crippen molar-refractivity contribution < 1.29 is 4.74 Å². The van der Waals surface area contributed by atoms with Gasteiger partial charge in [0.25, 0.3) is 0 Å². The zero-order valence-electron chi connectivity index (χ0n) is 11.0. The minimum absolute atomic E-state index is 0.0116. The maximum absolute atomic E-state index is 5.56. The molecule has 0 aliphatic carbocycles. The lowest BCUT2D eigenvalue weighted by Gasteiger charge is -2.25. The average Bonchev–Trinajstić information content (AvgIpc) is 2.32. The molecule has 5 heteroatoms. The molecule has 1 aromatic rings. The molecule has 0 aliphatic heterocycles. The number of aromatic nitrogens is 2. The number of hydrazine groups is 1. The number of hydrogen-bond donors (Lipinski definition) is 2. The van der Waals surface area contributed by atoms with Crippen LogP contribution in [0.2, 0.25) is 0 Å². The third-order valence-corrected chi connectivity index (χ3v) is 2.95. The van der Waals surface area contributed by atoms with E-state index in [2.05, 4.69) is 29.2 Å². The van der Waals surface area contributed by atoms with E-state index in [-0.39, 0.29) is 11.6 Å². The molecule has 0 radical (unpaired) electrons. The van der Waals surface area contributed by atoms with Gasteiger partial charge in [0, 0.05) is 13.3 Å². The molecule has 0 aliphatic rings. The van der Waals surface area contributed by atoms with Gasteiger partial charge in [-0.1, -0.05) is 0 Å². The quantitative estimate of drug-likeness (QED) is 0.580. The fourth-order valence-corrected chi connectivity index (χ4v) is 1.49. The highest BCUT2D eigenvalue weighted by molar-refractivity contribution is 5.05. The van der Waals surface area contributed by atoms with Crippen molar-refractivity contribution in [1.82, 2.24) is 15.4 Å². The van der Waals surface area contributed by atoms with Crippen LogP contribution in [0.4, 0.5) is 0 Å². The smallest absolute Gasteiger partial charge is 0.0769 e. The molecule has 1 aromatic heterocycles. The largest absolute Gasteiger partial charge is 0.379 e. The van der Waals surface area contributed by atoms with E-state index in [1.54, 1.807) is 19.5 Å². The molecule has 1 rings (SSSR count). The third-order valence-electron chi connectivity index (χ3n) is 2.95. The first-order valence-electron chi connectivity index (χ1n) is 5.78. The Labute approximate surface area is 103 Å². The van der Waals surface area contributed by atoms with Gasteiger partial charge in [0.15, 0.2) is 0 Å². The number of nitrogens with two attached hydrogens (primary N) is 1. The van der Waals surface area contributed by atoms with Crippen LogP contribution in [0.25, 0.3) is 0 Å². The van der Waals surface area contributed by atoms with Gasteiger partial charge >= 0.3 is 0 Å². The highest BCUT2D eigenvalue weighted by Gasteiger charge is 2.20. The lowest BCUT2D eigenvalue weighted by Crippen LogP contribution is -2.31. The fraction of sp³-hybridized carbons (Fsp3) is 0.667. The summed E-state index contributed by atoms with van der Waals surface area (Å²) in [6.07, 6.45) is 5.27. The van der Waals surface area contributed by atoms with Crippen LogP contribution in [0, 0.1) is 6.92 Å². The minimum Gasteiger partial charge on any atom is -0.379 e. The van der Waals surface area contributed by atoms with Crippen LogP contribution >= 0.6 is 0 Å². The van der Waals surface area contributed by atoms with Crippen molar-refractivity contribution in [2.45, 2.75) is 45.3 Å². The van der Waals surface area contributed by atoms with Gasteiger partial charge in [-0.15, -0.1) is 0 Å². The fourth-order valence-electron chi connectivity index (χ4n) is 1.49. The van der Waals surface area contributed by atoms with Crippen LogP contribution in [0.15, 0.2) is 12.4 Å². The van der Waals surface area contributed by atoms with Crippen molar-refractivity contribution >= 4 is 0 Å². The van der Waals surface area contributed by atoms with Crippen LogP contribution in [-0.4, -0.2) is 22.7 Å². The second-order valence-electron chi connectivity index (χ2n) is 4.80. The maximum atomic E-state index is 5.56. The lowest BCUT2D eigenvalue weighted by atomic mass is 9.98. The monoisotopic (exact) mass is 238 g/mol. The SMILES string of the molecule is COC(C)(C)CCC(NN)c1cnc(C)cn1. The van der Waals surface area contributed by atoms with Crippen LogP contribution < -0.4 is 11.3 Å². The third kappa shape index (κ3) is 4.38. The van der Waals surface area contributed by atoms with Crippen LogP contribution in [0.3, 0.4) is 0 Å². The molecular weight excluding hydrogens is 216 g/mol. The number of aryl methyl sites for hydroxylation is 1. The molecule has 1 atom stereocenters. The van der Waals surface area contributed by atoms with Crippen molar-refractivity contribution in [1.29, 1.82) is 0 Å².